The van der Waals surface area contributed by atoms with Crippen LogP contribution in [-0.2, 0) is 12.6 Å². The van der Waals surface area contributed by atoms with Gasteiger partial charge in [-0.25, -0.2) is 4.79 Å². The Balaban J connectivity index is 1.62. The van der Waals surface area contributed by atoms with Gasteiger partial charge in [-0.2, -0.15) is 5.10 Å². The largest absolute Gasteiger partial charge is 0.385 e. The molecule has 2 aromatic rings. The lowest BCUT2D eigenvalue weighted by Crippen LogP contribution is -2.49. The first-order valence-electron chi connectivity index (χ1n) is 9.00. The molecule has 1 fully saturated rings. The van der Waals surface area contributed by atoms with Gasteiger partial charge in [-0.3, -0.25) is 9.67 Å². The molecule has 0 aliphatic carbocycles. The SMILES string of the molecule is Cc1nn(C)c(C)c1[C@H](C)NC(=O)N1CCC(O)(c2cccnc2)CC1. The van der Waals surface area contributed by atoms with Crippen LogP contribution in [0, 0.1) is 13.8 Å². The predicted molar refractivity (Wildman–Crippen MR) is 98.6 cm³/mol. The number of nitrogens with zero attached hydrogens (tertiary/aromatic N) is 4. The van der Waals surface area contributed by atoms with Crippen LogP contribution in [0.5, 0.6) is 0 Å². The summed E-state index contributed by atoms with van der Waals surface area (Å²) >= 11 is 0. The lowest BCUT2D eigenvalue weighted by Gasteiger charge is -2.38. The van der Waals surface area contributed by atoms with Gasteiger partial charge in [0.25, 0.3) is 0 Å². The molecule has 0 unspecified atom stereocenters. The Bertz CT molecular complexity index is 779. The number of hydrogen-bond donors (Lipinski definition) is 2. The van der Waals surface area contributed by atoms with Crippen molar-refractivity contribution in [1.29, 1.82) is 0 Å². The van der Waals surface area contributed by atoms with E-state index in [1.165, 1.54) is 0 Å². The van der Waals surface area contributed by atoms with E-state index in [2.05, 4.69) is 15.4 Å². The van der Waals surface area contributed by atoms with Crippen molar-refractivity contribution in [2.75, 3.05) is 13.1 Å². The molecule has 26 heavy (non-hydrogen) atoms. The third kappa shape index (κ3) is 3.44. The van der Waals surface area contributed by atoms with Gasteiger partial charge in [0, 0.05) is 49.4 Å². The number of nitrogens with one attached hydrogen (secondary N) is 1. The Morgan fingerprint density at radius 3 is 2.58 bits per heavy atom. The van der Waals surface area contributed by atoms with Gasteiger partial charge in [0.15, 0.2) is 0 Å². The molecule has 3 heterocycles. The summed E-state index contributed by atoms with van der Waals surface area (Å²) in [4.78, 5) is 18.5. The van der Waals surface area contributed by atoms with Crippen LogP contribution in [0.25, 0.3) is 0 Å². The number of hydrogen-bond acceptors (Lipinski definition) is 4. The third-order valence-electron chi connectivity index (χ3n) is 5.41. The van der Waals surface area contributed by atoms with E-state index in [0.717, 1.165) is 22.5 Å². The molecule has 1 saturated heterocycles. The minimum absolute atomic E-state index is 0.103. The van der Waals surface area contributed by atoms with Gasteiger partial charge >= 0.3 is 6.03 Å². The summed E-state index contributed by atoms with van der Waals surface area (Å²) in [5, 5.41) is 18.4. The molecule has 0 spiro atoms. The minimum Gasteiger partial charge on any atom is -0.385 e. The maximum Gasteiger partial charge on any atom is 0.317 e. The van der Waals surface area contributed by atoms with E-state index in [1.807, 2.05) is 44.6 Å². The Morgan fingerprint density at radius 2 is 2.04 bits per heavy atom. The van der Waals surface area contributed by atoms with Gasteiger partial charge < -0.3 is 15.3 Å². The topological polar surface area (TPSA) is 83.3 Å². The molecule has 2 aromatic heterocycles. The van der Waals surface area contributed by atoms with E-state index in [9.17, 15) is 9.90 Å². The Labute approximate surface area is 154 Å². The fourth-order valence-electron chi connectivity index (χ4n) is 3.77. The van der Waals surface area contributed by atoms with E-state index in [4.69, 9.17) is 0 Å². The van der Waals surface area contributed by atoms with Crippen molar-refractivity contribution in [3.63, 3.8) is 0 Å². The van der Waals surface area contributed by atoms with Crippen molar-refractivity contribution >= 4 is 6.03 Å². The average Bonchev–Trinajstić information content (AvgIpc) is 2.88. The first-order valence-corrected chi connectivity index (χ1v) is 9.00. The molecular weight excluding hydrogens is 330 g/mol. The van der Waals surface area contributed by atoms with Crippen LogP contribution in [0.2, 0.25) is 0 Å². The Hall–Kier alpha value is -2.41. The molecule has 7 nitrogen and oxygen atoms in total. The second-order valence-electron chi connectivity index (χ2n) is 7.14. The molecule has 1 aliphatic heterocycles. The number of urea groups is 1. The van der Waals surface area contributed by atoms with Crippen LogP contribution >= 0.6 is 0 Å². The van der Waals surface area contributed by atoms with E-state index < -0.39 is 5.60 Å². The zero-order chi connectivity index (χ0) is 18.9. The fourth-order valence-corrected chi connectivity index (χ4v) is 3.77. The number of carbonyl (C=O) groups is 1. The summed E-state index contributed by atoms with van der Waals surface area (Å²) in [6, 6.07) is 3.49. The number of aliphatic hydroxyl groups is 1. The molecule has 2 N–H and O–H groups in total. The van der Waals surface area contributed by atoms with Crippen LogP contribution in [0.4, 0.5) is 4.79 Å². The van der Waals surface area contributed by atoms with Crippen molar-refractivity contribution in [1.82, 2.24) is 25.0 Å². The number of aryl methyl sites for hydroxylation is 2. The van der Waals surface area contributed by atoms with Gasteiger partial charge in [0.05, 0.1) is 17.3 Å². The highest BCUT2D eigenvalue weighted by atomic mass is 16.3. The van der Waals surface area contributed by atoms with E-state index in [-0.39, 0.29) is 12.1 Å². The van der Waals surface area contributed by atoms with Crippen molar-refractivity contribution < 1.29 is 9.90 Å². The summed E-state index contributed by atoms with van der Waals surface area (Å²) in [5.41, 5.74) is 2.95. The van der Waals surface area contributed by atoms with Crippen LogP contribution in [0.1, 0.15) is 48.3 Å². The highest BCUT2D eigenvalue weighted by molar-refractivity contribution is 5.75. The van der Waals surface area contributed by atoms with Gasteiger partial charge in [-0.1, -0.05) is 6.07 Å². The van der Waals surface area contributed by atoms with Crippen LogP contribution < -0.4 is 5.32 Å². The number of amides is 2. The molecular formula is C19H27N5O2. The Kier molecular flexibility index (Phi) is 5.00. The first kappa shape index (κ1) is 18.4. The van der Waals surface area contributed by atoms with Crippen molar-refractivity contribution in [2.45, 2.75) is 45.3 Å². The average molecular weight is 357 g/mol. The Morgan fingerprint density at radius 1 is 1.35 bits per heavy atom. The molecule has 2 amide bonds. The molecule has 0 radical (unpaired) electrons. The molecule has 0 saturated carbocycles. The number of carbonyl (C=O) groups excluding carboxylic acids is 1. The van der Waals surface area contributed by atoms with Crippen molar-refractivity contribution in [3.8, 4) is 0 Å². The van der Waals surface area contributed by atoms with Gasteiger partial charge in [0.2, 0.25) is 0 Å². The number of aromatic nitrogens is 3. The molecule has 1 aliphatic rings. The number of pyridine rings is 1. The maximum atomic E-state index is 12.7. The number of rotatable bonds is 3. The molecule has 1 atom stereocenters. The molecule has 140 valence electrons. The van der Waals surface area contributed by atoms with Crippen molar-refractivity contribution in [3.05, 3.63) is 47.0 Å². The van der Waals surface area contributed by atoms with E-state index in [1.54, 1.807) is 17.3 Å². The quantitative estimate of drug-likeness (QED) is 0.882. The van der Waals surface area contributed by atoms with Crippen LogP contribution in [0.3, 0.4) is 0 Å². The molecule has 0 bridgehead atoms. The summed E-state index contributed by atoms with van der Waals surface area (Å²) < 4.78 is 1.84. The third-order valence-corrected chi connectivity index (χ3v) is 5.41. The monoisotopic (exact) mass is 357 g/mol. The minimum atomic E-state index is -0.910. The fraction of sp³-hybridized carbons (Fsp3) is 0.526. The smallest absolute Gasteiger partial charge is 0.317 e. The van der Waals surface area contributed by atoms with E-state index in [0.29, 0.717) is 25.9 Å². The standard InChI is InChI=1S/C19H27N5O2/c1-13(17-14(2)22-23(4)15(17)3)21-18(25)24-10-7-19(26,8-11-24)16-6-5-9-20-12-16/h5-6,9,12-13,26H,7-8,10-11H2,1-4H3,(H,21,25)/t13-/m0/s1. The van der Waals surface area contributed by atoms with E-state index >= 15 is 0 Å². The number of piperidine rings is 1. The molecule has 3 rings (SSSR count). The number of likely N-dealkylation sites (tertiary alicyclic amines) is 1. The molecule has 7 heteroatoms. The zero-order valence-corrected chi connectivity index (χ0v) is 15.9. The van der Waals surface area contributed by atoms with Gasteiger partial charge in [-0.05, 0) is 39.7 Å². The second-order valence-corrected chi connectivity index (χ2v) is 7.14. The summed E-state index contributed by atoms with van der Waals surface area (Å²) in [6.45, 7) is 6.96. The highest BCUT2D eigenvalue weighted by Crippen LogP contribution is 2.32. The maximum absolute atomic E-state index is 12.7. The summed E-state index contributed by atoms with van der Waals surface area (Å²) in [6.07, 6.45) is 4.40. The van der Waals surface area contributed by atoms with Crippen LogP contribution in [-0.4, -0.2) is 43.9 Å². The van der Waals surface area contributed by atoms with Crippen molar-refractivity contribution in [2.24, 2.45) is 7.05 Å². The summed E-state index contributed by atoms with van der Waals surface area (Å²) in [5.74, 6) is 0. The molecule has 0 aromatic carbocycles. The lowest BCUT2D eigenvalue weighted by molar-refractivity contribution is -0.0172. The summed E-state index contributed by atoms with van der Waals surface area (Å²) in [7, 11) is 1.91. The normalized spacial score (nSPS) is 17.8. The lowest BCUT2D eigenvalue weighted by atomic mass is 9.85. The highest BCUT2D eigenvalue weighted by Gasteiger charge is 2.36. The zero-order valence-electron chi connectivity index (χ0n) is 15.9. The van der Waals surface area contributed by atoms with Gasteiger partial charge in [0.1, 0.15) is 0 Å². The predicted octanol–water partition coefficient (Wildman–Crippen LogP) is 2.19. The second kappa shape index (κ2) is 7.07. The van der Waals surface area contributed by atoms with Gasteiger partial charge in [-0.15, -0.1) is 0 Å². The van der Waals surface area contributed by atoms with Crippen LogP contribution in [0.15, 0.2) is 24.5 Å². The first-order chi connectivity index (χ1) is 12.3.